The molecule has 1 heteroatoms. The highest BCUT2D eigenvalue weighted by Crippen LogP contribution is 2.33. The average molecular weight is 139 g/mol. The second-order valence-electron chi connectivity index (χ2n) is 3.94. The van der Waals surface area contributed by atoms with Crippen molar-refractivity contribution in [1.29, 1.82) is 0 Å². The van der Waals surface area contributed by atoms with Gasteiger partial charge in [-0.05, 0) is 31.2 Å². The van der Waals surface area contributed by atoms with Gasteiger partial charge in [0.2, 0.25) is 0 Å². The normalized spacial score (nSPS) is 47.1. The Hall–Kier alpha value is -0.0400. The summed E-state index contributed by atoms with van der Waals surface area (Å²) in [6.45, 7) is 3.66. The Bertz CT molecular complexity index is 120. The fourth-order valence-electron chi connectivity index (χ4n) is 2.58. The Balaban J connectivity index is 2.01. The van der Waals surface area contributed by atoms with E-state index in [1.165, 1.54) is 32.2 Å². The summed E-state index contributed by atoms with van der Waals surface area (Å²) in [7, 11) is 0. The molecule has 2 fully saturated rings. The van der Waals surface area contributed by atoms with Gasteiger partial charge >= 0.3 is 0 Å². The first-order chi connectivity index (χ1) is 4.88. The van der Waals surface area contributed by atoms with Crippen molar-refractivity contribution in [2.45, 2.75) is 38.6 Å². The summed E-state index contributed by atoms with van der Waals surface area (Å²) in [5.41, 5.74) is 0. The van der Waals surface area contributed by atoms with E-state index in [2.05, 4.69) is 12.2 Å². The van der Waals surface area contributed by atoms with Crippen molar-refractivity contribution < 1.29 is 0 Å². The quantitative estimate of drug-likeness (QED) is 0.539. The molecule has 58 valence electrons. The monoisotopic (exact) mass is 139 g/mol. The fraction of sp³-hybridized carbons (Fsp3) is 1.00. The Labute approximate surface area is 63.2 Å². The molecule has 1 N–H and O–H groups in total. The van der Waals surface area contributed by atoms with E-state index in [0.29, 0.717) is 0 Å². The number of nitrogens with one attached hydrogen (secondary N) is 1. The Kier molecular flexibility index (Phi) is 1.69. The third kappa shape index (κ3) is 0.968. The lowest BCUT2D eigenvalue weighted by Crippen LogP contribution is -2.29. The van der Waals surface area contributed by atoms with Crippen LogP contribution in [-0.2, 0) is 0 Å². The van der Waals surface area contributed by atoms with Gasteiger partial charge in [-0.25, -0.2) is 0 Å². The largest absolute Gasteiger partial charge is 0.313 e. The minimum absolute atomic E-state index is 0.892. The van der Waals surface area contributed by atoms with E-state index < -0.39 is 0 Å². The van der Waals surface area contributed by atoms with Crippen molar-refractivity contribution in [2.24, 2.45) is 11.8 Å². The second-order valence-corrected chi connectivity index (χ2v) is 3.94. The van der Waals surface area contributed by atoms with Crippen LogP contribution in [0.5, 0.6) is 0 Å². The van der Waals surface area contributed by atoms with E-state index >= 15 is 0 Å². The van der Waals surface area contributed by atoms with Crippen LogP contribution in [0.15, 0.2) is 0 Å². The molecule has 1 heterocycles. The van der Waals surface area contributed by atoms with Crippen molar-refractivity contribution in [3.63, 3.8) is 0 Å². The Morgan fingerprint density at radius 2 is 2.00 bits per heavy atom. The molecule has 0 spiro atoms. The molecular formula is C9H17N. The number of hydrogen-bond acceptors (Lipinski definition) is 1. The van der Waals surface area contributed by atoms with Gasteiger partial charge in [0, 0.05) is 6.04 Å². The fourth-order valence-corrected chi connectivity index (χ4v) is 2.58. The van der Waals surface area contributed by atoms with Gasteiger partial charge in [-0.2, -0.15) is 0 Å². The molecule has 0 radical (unpaired) electrons. The number of rotatable bonds is 0. The molecule has 0 unspecified atom stereocenters. The molecule has 10 heavy (non-hydrogen) atoms. The summed E-state index contributed by atoms with van der Waals surface area (Å²) < 4.78 is 0. The van der Waals surface area contributed by atoms with E-state index in [9.17, 15) is 0 Å². The number of hydrogen-bond donors (Lipinski definition) is 1. The molecule has 3 atom stereocenters. The highest BCUT2D eigenvalue weighted by molar-refractivity contribution is 4.90. The van der Waals surface area contributed by atoms with E-state index in [0.717, 1.165) is 17.9 Å². The molecule has 1 saturated heterocycles. The van der Waals surface area contributed by atoms with E-state index in [-0.39, 0.29) is 0 Å². The van der Waals surface area contributed by atoms with Crippen LogP contribution in [0.1, 0.15) is 32.6 Å². The number of fused-ring (bicyclic) bond motifs is 1. The minimum atomic E-state index is 0.892. The third-order valence-corrected chi connectivity index (χ3v) is 3.25. The molecular weight excluding hydrogens is 122 g/mol. The predicted octanol–water partition coefficient (Wildman–Crippen LogP) is 1.78. The zero-order chi connectivity index (χ0) is 6.97. The molecule has 0 aromatic rings. The maximum absolute atomic E-state index is 3.61. The van der Waals surface area contributed by atoms with Crippen LogP contribution < -0.4 is 5.32 Å². The van der Waals surface area contributed by atoms with E-state index in [1.807, 2.05) is 0 Å². The van der Waals surface area contributed by atoms with Crippen molar-refractivity contribution in [2.75, 3.05) is 6.54 Å². The molecule has 1 saturated carbocycles. The van der Waals surface area contributed by atoms with Crippen LogP contribution in [0, 0.1) is 11.8 Å². The first kappa shape index (κ1) is 6.66. The van der Waals surface area contributed by atoms with Gasteiger partial charge < -0.3 is 5.32 Å². The standard InChI is InChI=1S/C9H17N/c1-7-6-10-9-5-3-2-4-8(7)9/h7-10H,2-6H2,1H3/t7-,8-,9-/m0/s1. The van der Waals surface area contributed by atoms with Crippen LogP contribution in [0.3, 0.4) is 0 Å². The average Bonchev–Trinajstić information content (AvgIpc) is 2.34. The van der Waals surface area contributed by atoms with Crippen molar-refractivity contribution in [1.82, 2.24) is 5.32 Å². The molecule has 0 bridgehead atoms. The first-order valence-electron chi connectivity index (χ1n) is 4.61. The van der Waals surface area contributed by atoms with Crippen LogP contribution in [0.4, 0.5) is 0 Å². The lowest BCUT2D eigenvalue weighted by molar-refractivity contribution is 0.285. The van der Waals surface area contributed by atoms with Gasteiger partial charge in [-0.15, -0.1) is 0 Å². The molecule has 1 nitrogen and oxygen atoms in total. The maximum atomic E-state index is 3.61. The highest BCUT2D eigenvalue weighted by Gasteiger charge is 2.34. The summed E-state index contributed by atoms with van der Waals surface area (Å²) >= 11 is 0. The Morgan fingerprint density at radius 1 is 1.20 bits per heavy atom. The van der Waals surface area contributed by atoms with Gasteiger partial charge in [0.1, 0.15) is 0 Å². The molecule has 2 aliphatic rings. The lowest BCUT2D eigenvalue weighted by Gasteiger charge is -2.26. The third-order valence-electron chi connectivity index (χ3n) is 3.25. The highest BCUT2D eigenvalue weighted by atomic mass is 15.0. The summed E-state index contributed by atoms with van der Waals surface area (Å²) in [4.78, 5) is 0. The zero-order valence-electron chi connectivity index (χ0n) is 6.77. The summed E-state index contributed by atoms with van der Waals surface area (Å²) in [5, 5.41) is 3.61. The van der Waals surface area contributed by atoms with Gasteiger partial charge in [-0.3, -0.25) is 0 Å². The molecule has 1 aliphatic carbocycles. The van der Waals surface area contributed by atoms with E-state index in [4.69, 9.17) is 0 Å². The molecule has 1 aliphatic heterocycles. The van der Waals surface area contributed by atoms with Crippen molar-refractivity contribution >= 4 is 0 Å². The van der Waals surface area contributed by atoms with Crippen molar-refractivity contribution in [3.05, 3.63) is 0 Å². The maximum Gasteiger partial charge on any atom is 0.00984 e. The summed E-state index contributed by atoms with van der Waals surface area (Å²) in [5.74, 6) is 1.97. The SMILES string of the molecule is C[C@H]1CN[C@H]2CCCC[C@H]21. The Morgan fingerprint density at radius 3 is 2.80 bits per heavy atom. The van der Waals surface area contributed by atoms with Crippen LogP contribution in [0.2, 0.25) is 0 Å². The smallest absolute Gasteiger partial charge is 0.00984 e. The van der Waals surface area contributed by atoms with Gasteiger partial charge in [0.15, 0.2) is 0 Å². The predicted molar refractivity (Wildman–Crippen MR) is 42.9 cm³/mol. The second kappa shape index (κ2) is 2.54. The lowest BCUT2D eigenvalue weighted by atomic mass is 9.81. The minimum Gasteiger partial charge on any atom is -0.313 e. The summed E-state index contributed by atoms with van der Waals surface area (Å²) in [6.07, 6.45) is 5.86. The van der Waals surface area contributed by atoms with Gasteiger partial charge in [-0.1, -0.05) is 19.8 Å². The molecule has 0 aromatic carbocycles. The van der Waals surface area contributed by atoms with Crippen LogP contribution >= 0.6 is 0 Å². The van der Waals surface area contributed by atoms with Crippen LogP contribution in [0.25, 0.3) is 0 Å². The van der Waals surface area contributed by atoms with Gasteiger partial charge in [0.25, 0.3) is 0 Å². The van der Waals surface area contributed by atoms with E-state index in [1.54, 1.807) is 0 Å². The first-order valence-corrected chi connectivity index (χ1v) is 4.61. The topological polar surface area (TPSA) is 12.0 Å². The molecule has 0 aromatic heterocycles. The van der Waals surface area contributed by atoms with Gasteiger partial charge in [0.05, 0.1) is 0 Å². The molecule has 2 rings (SSSR count). The zero-order valence-corrected chi connectivity index (χ0v) is 6.77. The van der Waals surface area contributed by atoms with Crippen molar-refractivity contribution in [3.8, 4) is 0 Å². The molecule has 0 amide bonds. The summed E-state index contributed by atoms with van der Waals surface area (Å²) in [6, 6.07) is 0.892. The van der Waals surface area contributed by atoms with Crippen LogP contribution in [-0.4, -0.2) is 12.6 Å².